The number of aliphatic carboxylic acids is 1. The number of furan rings is 1. The fourth-order valence-electron chi connectivity index (χ4n) is 1.40. The Morgan fingerprint density at radius 1 is 1.47 bits per heavy atom. The lowest BCUT2D eigenvalue weighted by atomic mass is 10.1. The summed E-state index contributed by atoms with van der Waals surface area (Å²) in [6.07, 6.45) is -3.35. The molecule has 0 aliphatic heterocycles. The van der Waals surface area contributed by atoms with Crippen LogP contribution in [0.5, 0.6) is 0 Å². The molecule has 1 N–H and O–H groups in total. The molecule has 0 radical (unpaired) electrons. The van der Waals surface area contributed by atoms with E-state index in [9.17, 15) is 22.8 Å². The van der Waals surface area contributed by atoms with Gasteiger partial charge in [-0.25, -0.2) is 0 Å². The summed E-state index contributed by atoms with van der Waals surface area (Å²) < 4.78 is 42.0. The van der Waals surface area contributed by atoms with Crippen molar-refractivity contribution in [2.75, 3.05) is 6.54 Å². The molecule has 0 saturated carbocycles. The maximum Gasteiger partial charge on any atom is 0.406 e. The Morgan fingerprint density at radius 3 is 2.53 bits per heavy atom. The Morgan fingerprint density at radius 2 is 2.11 bits per heavy atom. The minimum absolute atomic E-state index is 0.148. The molecule has 1 heterocycles. The second-order valence-corrected chi connectivity index (χ2v) is 3.95. The smallest absolute Gasteiger partial charge is 0.406 e. The molecule has 1 unspecified atom stereocenters. The van der Waals surface area contributed by atoms with Crippen LogP contribution in [0.3, 0.4) is 0 Å². The Kier molecular flexibility index (Phi) is 4.57. The van der Waals surface area contributed by atoms with Gasteiger partial charge in [-0.15, -0.1) is 0 Å². The van der Waals surface area contributed by atoms with Crippen molar-refractivity contribution in [1.82, 2.24) is 4.90 Å². The van der Waals surface area contributed by atoms with E-state index in [1.807, 2.05) is 0 Å². The Labute approximate surface area is 106 Å². The van der Waals surface area contributed by atoms with Gasteiger partial charge in [0.15, 0.2) is 0 Å². The van der Waals surface area contributed by atoms with Crippen molar-refractivity contribution in [3.05, 3.63) is 24.2 Å². The summed E-state index contributed by atoms with van der Waals surface area (Å²) in [7, 11) is 0. The van der Waals surface area contributed by atoms with Gasteiger partial charge in [-0.2, -0.15) is 13.2 Å². The lowest BCUT2D eigenvalue weighted by Gasteiger charge is -2.24. The minimum Gasteiger partial charge on any atom is -0.481 e. The third-order valence-electron chi connectivity index (χ3n) is 2.35. The van der Waals surface area contributed by atoms with Crippen molar-refractivity contribution in [3.63, 3.8) is 0 Å². The first kappa shape index (κ1) is 15.1. The summed E-state index contributed by atoms with van der Waals surface area (Å²) in [4.78, 5) is 22.8. The predicted octanol–water partition coefficient (Wildman–Crippen LogP) is 1.89. The maximum atomic E-state index is 12.4. The molecule has 8 heteroatoms. The van der Waals surface area contributed by atoms with E-state index in [4.69, 9.17) is 9.52 Å². The summed E-state index contributed by atoms with van der Waals surface area (Å²) in [5, 5.41) is 8.67. The number of carboxylic acid groups (broad SMARTS) is 1. The lowest BCUT2D eigenvalue weighted by Crippen LogP contribution is -2.42. The van der Waals surface area contributed by atoms with Gasteiger partial charge in [-0.3, -0.25) is 9.59 Å². The number of carboxylic acids is 1. The van der Waals surface area contributed by atoms with E-state index in [1.165, 1.54) is 18.4 Å². The number of nitrogens with zero attached hydrogens (tertiary/aromatic N) is 1. The number of amides is 1. The zero-order valence-electron chi connectivity index (χ0n) is 9.98. The van der Waals surface area contributed by atoms with Crippen molar-refractivity contribution in [2.45, 2.75) is 19.6 Å². The number of carbonyl (C=O) groups is 2. The van der Waals surface area contributed by atoms with Crippen LogP contribution in [0.25, 0.3) is 0 Å². The van der Waals surface area contributed by atoms with Crippen LogP contribution < -0.4 is 0 Å². The quantitative estimate of drug-likeness (QED) is 0.835. The van der Waals surface area contributed by atoms with Crippen LogP contribution in [0.2, 0.25) is 0 Å². The number of hydrogen-bond acceptors (Lipinski definition) is 3. The van der Waals surface area contributed by atoms with E-state index in [0.717, 1.165) is 6.92 Å². The first-order chi connectivity index (χ1) is 8.70. The SMILES string of the molecule is CC(C(=O)O)C(=O)N(Cc1ccco1)CC(F)(F)F. The Balaban J connectivity index is 2.85. The van der Waals surface area contributed by atoms with Gasteiger partial charge in [0, 0.05) is 0 Å². The normalized spacial score (nSPS) is 13.1. The average molecular weight is 279 g/mol. The molecule has 106 valence electrons. The van der Waals surface area contributed by atoms with Crippen LogP contribution in [0.15, 0.2) is 22.8 Å². The van der Waals surface area contributed by atoms with Crippen molar-refractivity contribution >= 4 is 11.9 Å². The summed E-state index contributed by atoms with van der Waals surface area (Å²) >= 11 is 0. The van der Waals surface area contributed by atoms with Gasteiger partial charge < -0.3 is 14.4 Å². The van der Waals surface area contributed by atoms with Crippen LogP contribution in [0.4, 0.5) is 13.2 Å². The molecular weight excluding hydrogens is 267 g/mol. The van der Waals surface area contributed by atoms with Crippen molar-refractivity contribution in [3.8, 4) is 0 Å². The number of hydrogen-bond donors (Lipinski definition) is 1. The minimum atomic E-state index is -4.61. The summed E-state index contributed by atoms with van der Waals surface area (Å²) in [5.41, 5.74) is 0. The third kappa shape index (κ3) is 4.65. The second kappa shape index (κ2) is 5.77. The van der Waals surface area contributed by atoms with Gasteiger partial charge in [-0.1, -0.05) is 0 Å². The molecule has 0 bridgehead atoms. The van der Waals surface area contributed by atoms with E-state index in [0.29, 0.717) is 4.90 Å². The molecule has 1 aromatic rings. The molecule has 0 aromatic carbocycles. The largest absolute Gasteiger partial charge is 0.481 e. The topological polar surface area (TPSA) is 70.8 Å². The predicted molar refractivity (Wildman–Crippen MR) is 57.0 cm³/mol. The highest BCUT2D eigenvalue weighted by Crippen LogP contribution is 2.20. The average Bonchev–Trinajstić information content (AvgIpc) is 2.77. The van der Waals surface area contributed by atoms with Crippen LogP contribution in [0, 0.1) is 5.92 Å². The van der Waals surface area contributed by atoms with Crippen LogP contribution in [-0.4, -0.2) is 34.6 Å². The lowest BCUT2D eigenvalue weighted by molar-refractivity contribution is -0.168. The van der Waals surface area contributed by atoms with Gasteiger partial charge in [0.05, 0.1) is 12.8 Å². The molecule has 1 rings (SSSR count). The molecule has 0 aliphatic carbocycles. The van der Waals surface area contributed by atoms with Crippen molar-refractivity contribution in [2.24, 2.45) is 5.92 Å². The van der Waals surface area contributed by atoms with Crippen molar-refractivity contribution in [1.29, 1.82) is 0 Å². The van der Waals surface area contributed by atoms with Crippen molar-refractivity contribution < 1.29 is 32.3 Å². The Hall–Kier alpha value is -1.99. The second-order valence-electron chi connectivity index (χ2n) is 3.95. The first-order valence-electron chi connectivity index (χ1n) is 5.31. The standard InChI is InChI=1S/C11H12F3NO4/c1-7(10(17)18)9(16)15(6-11(12,13)14)5-8-3-2-4-19-8/h2-4,7H,5-6H2,1H3,(H,17,18). The molecule has 0 aliphatic rings. The third-order valence-corrected chi connectivity index (χ3v) is 2.35. The van der Waals surface area contributed by atoms with Crippen LogP contribution >= 0.6 is 0 Å². The molecular formula is C11H12F3NO4. The fraction of sp³-hybridized carbons (Fsp3) is 0.455. The Bertz CT molecular complexity index is 441. The van der Waals surface area contributed by atoms with E-state index >= 15 is 0 Å². The highest BCUT2D eigenvalue weighted by Gasteiger charge is 2.36. The highest BCUT2D eigenvalue weighted by atomic mass is 19.4. The first-order valence-corrected chi connectivity index (χ1v) is 5.31. The zero-order chi connectivity index (χ0) is 14.6. The molecule has 0 spiro atoms. The monoisotopic (exact) mass is 279 g/mol. The van der Waals surface area contributed by atoms with E-state index in [2.05, 4.69) is 0 Å². The molecule has 1 atom stereocenters. The number of rotatable bonds is 5. The summed E-state index contributed by atoms with van der Waals surface area (Å²) in [6.45, 7) is -0.913. The van der Waals surface area contributed by atoms with Crippen LogP contribution in [-0.2, 0) is 16.1 Å². The van der Waals surface area contributed by atoms with Crippen LogP contribution in [0.1, 0.15) is 12.7 Å². The highest BCUT2D eigenvalue weighted by molar-refractivity contribution is 5.96. The zero-order valence-corrected chi connectivity index (χ0v) is 9.98. The van der Waals surface area contributed by atoms with Gasteiger partial charge in [-0.05, 0) is 19.1 Å². The van der Waals surface area contributed by atoms with Gasteiger partial charge in [0.25, 0.3) is 0 Å². The molecule has 1 amide bonds. The molecule has 1 aromatic heterocycles. The van der Waals surface area contributed by atoms with E-state index < -0.39 is 37.1 Å². The van der Waals surface area contributed by atoms with Gasteiger partial charge in [0.2, 0.25) is 5.91 Å². The number of carbonyl (C=O) groups excluding carboxylic acids is 1. The molecule has 5 nitrogen and oxygen atoms in total. The summed E-state index contributed by atoms with van der Waals surface area (Å²) in [5.74, 6) is -3.98. The summed E-state index contributed by atoms with van der Waals surface area (Å²) in [6, 6.07) is 2.87. The fourth-order valence-corrected chi connectivity index (χ4v) is 1.40. The van der Waals surface area contributed by atoms with Gasteiger partial charge >= 0.3 is 12.1 Å². The number of halogens is 3. The molecule has 19 heavy (non-hydrogen) atoms. The molecule has 0 fully saturated rings. The molecule has 0 saturated heterocycles. The number of alkyl halides is 3. The van der Waals surface area contributed by atoms with E-state index in [1.54, 1.807) is 0 Å². The van der Waals surface area contributed by atoms with Gasteiger partial charge in [0.1, 0.15) is 18.2 Å². The maximum absolute atomic E-state index is 12.4. The van der Waals surface area contributed by atoms with E-state index in [-0.39, 0.29) is 5.76 Å².